The van der Waals surface area contributed by atoms with Gasteiger partial charge in [-0.1, -0.05) is 12.1 Å². The average molecular weight is 295 g/mol. The number of rotatable bonds is 2. The van der Waals surface area contributed by atoms with Crippen LogP contribution >= 0.6 is 0 Å². The summed E-state index contributed by atoms with van der Waals surface area (Å²) in [5.74, 6) is 0.225. The number of nitrogens with zero attached hydrogens (tertiary/aromatic N) is 3. The summed E-state index contributed by atoms with van der Waals surface area (Å²) >= 11 is 0. The average Bonchev–Trinajstić information content (AvgIpc) is 3.23. The summed E-state index contributed by atoms with van der Waals surface area (Å²) in [6.45, 7) is 1.82. The molecular formula is C18H21N3O. The van der Waals surface area contributed by atoms with Crippen LogP contribution < -0.4 is 0 Å². The molecule has 1 amide bonds. The highest BCUT2D eigenvalue weighted by atomic mass is 16.2. The number of amides is 1. The Balaban J connectivity index is 1.67. The lowest BCUT2D eigenvalue weighted by Gasteiger charge is -2.27. The summed E-state index contributed by atoms with van der Waals surface area (Å²) in [5.41, 5.74) is 3.46. The number of piperidine rings is 1. The summed E-state index contributed by atoms with van der Waals surface area (Å²) in [6, 6.07) is 6.53. The highest BCUT2D eigenvalue weighted by Crippen LogP contribution is 2.36. The monoisotopic (exact) mass is 295 g/mol. The largest absolute Gasteiger partial charge is 0.339 e. The van der Waals surface area contributed by atoms with Crippen molar-refractivity contribution in [3.05, 3.63) is 53.6 Å². The number of hydrogen-bond acceptors (Lipinski definition) is 2. The van der Waals surface area contributed by atoms with Crippen LogP contribution in [0.1, 0.15) is 53.2 Å². The molecule has 2 heterocycles. The van der Waals surface area contributed by atoms with Gasteiger partial charge in [-0.3, -0.25) is 4.79 Å². The Hall–Kier alpha value is -2.10. The predicted molar refractivity (Wildman–Crippen MR) is 84.9 cm³/mol. The number of carbonyl (C=O) groups is 1. The molecule has 0 bridgehead atoms. The van der Waals surface area contributed by atoms with Gasteiger partial charge in [0, 0.05) is 31.0 Å². The van der Waals surface area contributed by atoms with Gasteiger partial charge in [0.1, 0.15) is 0 Å². The van der Waals surface area contributed by atoms with Crippen LogP contribution in [0, 0.1) is 0 Å². The zero-order valence-corrected chi connectivity index (χ0v) is 12.7. The Kier molecular flexibility index (Phi) is 3.45. The predicted octanol–water partition coefficient (Wildman–Crippen LogP) is 3.04. The Morgan fingerprint density at radius 3 is 2.82 bits per heavy atom. The van der Waals surface area contributed by atoms with Gasteiger partial charge in [-0.05, 0) is 49.3 Å². The van der Waals surface area contributed by atoms with Crippen LogP contribution in [-0.4, -0.2) is 33.4 Å². The summed E-state index contributed by atoms with van der Waals surface area (Å²) < 4.78 is 2.15. The molecule has 4 nitrogen and oxygen atoms in total. The zero-order chi connectivity index (χ0) is 14.9. The first-order valence-electron chi connectivity index (χ1n) is 8.23. The molecule has 1 fully saturated rings. The van der Waals surface area contributed by atoms with Crippen molar-refractivity contribution in [2.45, 2.75) is 38.1 Å². The van der Waals surface area contributed by atoms with Crippen molar-refractivity contribution in [2.24, 2.45) is 0 Å². The van der Waals surface area contributed by atoms with Crippen LogP contribution in [0.25, 0.3) is 0 Å². The number of fused-ring (bicyclic) bond motifs is 1. The SMILES string of the molecule is O=C(c1cccc2c1CCC2n1ccnc1)N1CCCCC1. The van der Waals surface area contributed by atoms with Gasteiger partial charge >= 0.3 is 0 Å². The number of carbonyl (C=O) groups excluding carboxylic acids is 1. The first kappa shape index (κ1) is 13.6. The van der Waals surface area contributed by atoms with E-state index in [1.54, 1.807) is 0 Å². The van der Waals surface area contributed by atoms with Crippen molar-refractivity contribution in [2.75, 3.05) is 13.1 Å². The van der Waals surface area contributed by atoms with E-state index < -0.39 is 0 Å². The van der Waals surface area contributed by atoms with Crippen LogP contribution in [0.2, 0.25) is 0 Å². The summed E-state index contributed by atoms with van der Waals surface area (Å²) in [7, 11) is 0. The van der Waals surface area contributed by atoms with E-state index in [1.807, 2.05) is 35.8 Å². The Labute approximate surface area is 130 Å². The van der Waals surface area contributed by atoms with Gasteiger partial charge in [0.05, 0.1) is 12.4 Å². The molecule has 0 spiro atoms. The van der Waals surface area contributed by atoms with E-state index in [2.05, 4.69) is 15.6 Å². The number of benzene rings is 1. The third-order valence-corrected chi connectivity index (χ3v) is 5.00. The maximum absolute atomic E-state index is 12.9. The first-order valence-corrected chi connectivity index (χ1v) is 8.23. The minimum absolute atomic E-state index is 0.225. The van der Waals surface area contributed by atoms with Gasteiger partial charge in [0.25, 0.3) is 5.91 Å². The third kappa shape index (κ3) is 2.23. The summed E-state index contributed by atoms with van der Waals surface area (Å²) in [5, 5.41) is 0. The fourth-order valence-corrected chi connectivity index (χ4v) is 3.86. The van der Waals surface area contributed by atoms with Crippen LogP contribution in [0.15, 0.2) is 36.9 Å². The molecule has 114 valence electrons. The molecule has 1 unspecified atom stereocenters. The van der Waals surface area contributed by atoms with E-state index in [9.17, 15) is 4.79 Å². The molecule has 4 heteroatoms. The van der Waals surface area contributed by atoms with Crippen molar-refractivity contribution < 1.29 is 4.79 Å². The van der Waals surface area contributed by atoms with E-state index >= 15 is 0 Å². The number of hydrogen-bond donors (Lipinski definition) is 0. The van der Waals surface area contributed by atoms with Gasteiger partial charge in [-0.15, -0.1) is 0 Å². The Morgan fingerprint density at radius 1 is 1.18 bits per heavy atom. The van der Waals surface area contributed by atoms with Gasteiger partial charge in [-0.2, -0.15) is 0 Å². The number of likely N-dealkylation sites (tertiary alicyclic amines) is 1. The summed E-state index contributed by atoms with van der Waals surface area (Å²) in [4.78, 5) is 19.0. The zero-order valence-electron chi connectivity index (χ0n) is 12.7. The second-order valence-corrected chi connectivity index (χ2v) is 6.29. The van der Waals surface area contributed by atoms with Gasteiger partial charge in [0.2, 0.25) is 0 Å². The molecule has 2 aromatic rings. The van der Waals surface area contributed by atoms with Crippen molar-refractivity contribution >= 4 is 5.91 Å². The van der Waals surface area contributed by atoms with Gasteiger partial charge in [0.15, 0.2) is 0 Å². The molecular weight excluding hydrogens is 274 g/mol. The first-order chi connectivity index (χ1) is 10.8. The van der Waals surface area contributed by atoms with E-state index in [1.165, 1.54) is 17.5 Å². The molecule has 4 rings (SSSR count). The quantitative estimate of drug-likeness (QED) is 0.854. The molecule has 22 heavy (non-hydrogen) atoms. The lowest BCUT2D eigenvalue weighted by atomic mass is 10.00. The lowest BCUT2D eigenvalue weighted by molar-refractivity contribution is 0.0723. The van der Waals surface area contributed by atoms with Crippen LogP contribution in [-0.2, 0) is 6.42 Å². The second-order valence-electron chi connectivity index (χ2n) is 6.29. The normalized spacial score (nSPS) is 20.9. The molecule has 1 aromatic carbocycles. The minimum Gasteiger partial charge on any atom is -0.339 e. The smallest absolute Gasteiger partial charge is 0.254 e. The van der Waals surface area contributed by atoms with Crippen molar-refractivity contribution in [3.63, 3.8) is 0 Å². The molecule has 0 radical (unpaired) electrons. The van der Waals surface area contributed by atoms with Gasteiger partial charge in [-0.25, -0.2) is 4.98 Å². The molecule has 1 aromatic heterocycles. The Morgan fingerprint density at radius 2 is 2.05 bits per heavy atom. The molecule has 0 N–H and O–H groups in total. The van der Waals surface area contributed by atoms with Crippen LogP contribution in [0.5, 0.6) is 0 Å². The molecule has 1 aliphatic heterocycles. The van der Waals surface area contributed by atoms with Crippen LogP contribution in [0.3, 0.4) is 0 Å². The maximum atomic E-state index is 12.9. The van der Waals surface area contributed by atoms with Crippen LogP contribution in [0.4, 0.5) is 0 Å². The maximum Gasteiger partial charge on any atom is 0.254 e. The fraction of sp³-hybridized carbons (Fsp3) is 0.444. The topological polar surface area (TPSA) is 38.1 Å². The number of imidazole rings is 1. The Bertz CT molecular complexity index is 672. The van der Waals surface area contributed by atoms with E-state index in [0.29, 0.717) is 6.04 Å². The van der Waals surface area contributed by atoms with E-state index in [-0.39, 0.29) is 5.91 Å². The third-order valence-electron chi connectivity index (χ3n) is 5.00. The van der Waals surface area contributed by atoms with E-state index in [4.69, 9.17) is 0 Å². The molecule has 1 atom stereocenters. The standard InChI is InChI=1S/C18H21N3O/c22-18(20-10-2-1-3-11-20)16-6-4-5-15-14(16)7-8-17(15)21-12-9-19-13-21/h4-6,9,12-13,17H,1-3,7-8,10-11H2. The molecule has 1 saturated heterocycles. The minimum atomic E-state index is 0.225. The van der Waals surface area contributed by atoms with Crippen molar-refractivity contribution in [1.29, 1.82) is 0 Å². The van der Waals surface area contributed by atoms with Crippen molar-refractivity contribution in [1.82, 2.24) is 14.5 Å². The lowest BCUT2D eigenvalue weighted by Crippen LogP contribution is -2.36. The van der Waals surface area contributed by atoms with Crippen molar-refractivity contribution in [3.8, 4) is 0 Å². The van der Waals surface area contributed by atoms with Gasteiger partial charge < -0.3 is 9.47 Å². The molecule has 1 aliphatic carbocycles. The molecule has 2 aliphatic rings. The fourth-order valence-electron chi connectivity index (χ4n) is 3.86. The second kappa shape index (κ2) is 5.59. The van der Waals surface area contributed by atoms with E-state index in [0.717, 1.165) is 44.3 Å². The summed E-state index contributed by atoms with van der Waals surface area (Å²) in [6.07, 6.45) is 11.3. The molecule has 0 saturated carbocycles. The highest BCUT2D eigenvalue weighted by Gasteiger charge is 2.29. The highest BCUT2D eigenvalue weighted by molar-refractivity contribution is 5.96. The number of aromatic nitrogens is 2.